The van der Waals surface area contributed by atoms with Crippen LogP contribution in [0, 0.1) is 0 Å². The zero-order chi connectivity index (χ0) is 23.6. The molecule has 0 amide bonds. The number of hydrogen-bond donors (Lipinski definition) is 1. The van der Waals surface area contributed by atoms with Gasteiger partial charge in [0.05, 0.1) is 29.0 Å². The Balaban J connectivity index is 1.23. The Labute approximate surface area is 215 Å². The van der Waals surface area contributed by atoms with Gasteiger partial charge in [-0.1, -0.05) is 11.8 Å². The van der Waals surface area contributed by atoms with Crippen molar-refractivity contribution in [1.29, 1.82) is 0 Å². The third kappa shape index (κ3) is 5.26. The molecule has 4 aromatic heterocycles. The standard InChI is InChI=1S/C23H26N8OS3/c24-22-26-12-15(13-27-22)20-28-18-11-17(34-19(18)21(29-20)31-6-8-32-9-7-31)14-30-4-1-16(2-5-30)35-23-25-3-10-33-23/h3,10-13,16H,1-2,4-9,14H2,(H2,24,26,27). The SMILES string of the molecule is Nc1ncc(-c2nc(N3CCOCC3)c3sc(CN4CCC(Sc5nccs5)CC4)cc3n2)cn1. The van der Waals surface area contributed by atoms with Crippen molar-refractivity contribution in [3.8, 4) is 11.4 Å². The van der Waals surface area contributed by atoms with Crippen molar-refractivity contribution in [2.75, 3.05) is 50.0 Å². The van der Waals surface area contributed by atoms with Crippen molar-refractivity contribution >= 4 is 56.4 Å². The van der Waals surface area contributed by atoms with Crippen LogP contribution in [0.15, 0.2) is 34.4 Å². The highest BCUT2D eigenvalue weighted by atomic mass is 32.2. The van der Waals surface area contributed by atoms with E-state index in [9.17, 15) is 0 Å². The molecule has 4 aromatic rings. The van der Waals surface area contributed by atoms with Gasteiger partial charge in [0.25, 0.3) is 0 Å². The molecule has 0 aliphatic carbocycles. The lowest BCUT2D eigenvalue weighted by Crippen LogP contribution is -2.36. The molecule has 0 bridgehead atoms. The second-order valence-electron chi connectivity index (χ2n) is 8.62. The highest BCUT2D eigenvalue weighted by Gasteiger charge is 2.24. The number of fused-ring (bicyclic) bond motifs is 1. The molecule has 182 valence electrons. The van der Waals surface area contributed by atoms with E-state index >= 15 is 0 Å². The van der Waals surface area contributed by atoms with Crippen molar-refractivity contribution in [2.24, 2.45) is 0 Å². The minimum absolute atomic E-state index is 0.245. The molecule has 6 rings (SSSR count). The zero-order valence-corrected chi connectivity index (χ0v) is 21.6. The van der Waals surface area contributed by atoms with E-state index in [4.69, 9.17) is 20.4 Å². The summed E-state index contributed by atoms with van der Waals surface area (Å²) >= 11 is 5.48. The van der Waals surface area contributed by atoms with Crippen LogP contribution in [0.4, 0.5) is 11.8 Å². The summed E-state index contributed by atoms with van der Waals surface area (Å²) in [6.45, 7) is 6.21. The summed E-state index contributed by atoms with van der Waals surface area (Å²) in [5.41, 5.74) is 7.43. The number of thioether (sulfide) groups is 1. The van der Waals surface area contributed by atoms with Crippen LogP contribution >= 0.6 is 34.4 Å². The number of ether oxygens (including phenoxy) is 1. The maximum atomic E-state index is 5.68. The van der Waals surface area contributed by atoms with Crippen LogP contribution in [0.1, 0.15) is 17.7 Å². The van der Waals surface area contributed by atoms with Crippen molar-refractivity contribution < 1.29 is 4.74 Å². The Morgan fingerprint density at radius 2 is 1.86 bits per heavy atom. The normalized spacial score (nSPS) is 17.9. The highest BCUT2D eigenvalue weighted by molar-refractivity contribution is 8.01. The van der Waals surface area contributed by atoms with Gasteiger partial charge in [0.15, 0.2) is 11.6 Å². The molecule has 0 atom stereocenters. The molecular formula is C23H26N8OS3. The number of rotatable bonds is 6. The lowest BCUT2D eigenvalue weighted by Gasteiger charge is -2.30. The number of morpholine rings is 1. The van der Waals surface area contributed by atoms with Gasteiger partial charge in [0, 0.05) is 53.7 Å². The van der Waals surface area contributed by atoms with Gasteiger partial charge in [-0.15, -0.1) is 22.7 Å². The first kappa shape index (κ1) is 23.0. The second-order valence-corrected chi connectivity index (χ2v) is 12.2. The lowest BCUT2D eigenvalue weighted by molar-refractivity contribution is 0.122. The monoisotopic (exact) mass is 526 g/mol. The van der Waals surface area contributed by atoms with E-state index in [-0.39, 0.29) is 5.95 Å². The summed E-state index contributed by atoms with van der Waals surface area (Å²) in [7, 11) is 0. The predicted octanol–water partition coefficient (Wildman–Crippen LogP) is 3.78. The quantitative estimate of drug-likeness (QED) is 0.399. The molecule has 0 unspecified atom stereocenters. The fourth-order valence-corrected chi connectivity index (χ4v) is 7.60. The molecular weight excluding hydrogens is 501 g/mol. The molecule has 9 nitrogen and oxygen atoms in total. The van der Waals surface area contributed by atoms with Gasteiger partial charge in [0.2, 0.25) is 5.95 Å². The lowest BCUT2D eigenvalue weighted by atomic mass is 10.1. The number of thiophene rings is 1. The van der Waals surface area contributed by atoms with Crippen molar-refractivity contribution in [3.05, 3.63) is 34.9 Å². The number of aromatic nitrogens is 5. The van der Waals surface area contributed by atoms with Crippen LogP contribution in [0.25, 0.3) is 21.6 Å². The molecule has 35 heavy (non-hydrogen) atoms. The molecule has 0 spiro atoms. The average Bonchev–Trinajstić information content (AvgIpc) is 3.55. The molecule has 2 fully saturated rings. The van der Waals surface area contributed by atoms with Crippen LogP contribution < -0.4 is 10.6 Å². The van der Waals surface area contributed by atoms with Crippen LogP contribution in [-0.4, -0.2) is 74.5 Å². The third-order valence-corrected chi connectivity index (χ3v) is 9.60. The Kier molecular flexibility index (Phi) is 6.79. The van der Waals surface area contributed by atoms with Gasteiger partial charge in [-0.3, -0.25) is 4.90 Å². The first-order chi connectivity index (χ1) is 17.2. The molecule has 2 aliphatic rings. The van der Waals surface area contributed by atoms with Gasteiger partial charge in [0.1, 0.15) is 4.34 Å². The number of nitrogen functional groups attached to an aromatic ring is 1. The first-order valence-electron chi connectivity index (χ1n) is 11.7. The number of hydrogen-bond acceptors (Lipinski definition) is 12. The second kappa shape index (κ2) is 10.3. The van der Waals surface area contributed by atoms with Crippen molar-refractivity contribution in [3.63, 3.8) is 0 Å². The summed E-state index contributed by atoms with van der Waals surface area (Å²) in [6, 6.07) is 2.23. The Hall–Kier alpha value is -2.38. The van der Waals surface area contributed by atoms with Crippen LogP contribution in [0.2, 0.25) is 0 Å². The number of nitrogens with two attached hydrogens (primary N) is 1. The van der Waals surface area contributed by atoms with E-state index in [2.05, 4.69) is 36.2 Å². The number of anilines is 2. The van der Waals surface area contributed by atoms with Crippen molar-refractivity contribution in [2.45, 2.75) is 29.0 Å². The van der Waals surface area contributed by atoms with Gasteiger partial charge in [-0.2, -0.15) is 0 Å². The first-order valence-corrected chi connectivity index (χ1v) is 14.3. The van der Waals surface area contributed by atoms with Crippen LogP contribution in [0.3, 0.4) is 0 Å². The number of likely N-dealkylation sites (tertiary alicyclic amines) is 1. The van der Waals surface area contributed by atoms with E-state index in [0.29, 0.717) is 24.3 Å². The van der Waals surface area contributed by atoms with Gasteiger partial charge in [-0.05, 0) is 32.0 Å². The topological polar surface area (TPSA) is 106 Å². The predicted molar refractivity (Wildman–Crippen MR) is 142 cm³/mol. The summed E-state index contributed by atoms with van der Waals surface area (Å²) in [5.74, 6) is 1.85. The number of nitrogens with zero attached hydrogens (tertiary/aromatic N) is 7. The third-order valence-electron chi connectivity index (χ3n) is 6.24. The Bertz CT molecular complexity index is 1270. The maximum absolute atomic E-state index is 5.68. The maximum Gasteiger partial charge on any atom is 0.219 e. The highest BCUT2D eigenvalue weighted by Crippen LogP contribution is 2.36. The van der Waals surface area contributed by atoms with Crippen LogP contribution in [0.5, 0.6) is 0 Å². The van der Waals surface area contributed by atoms with E-state index in [1.807, 2.05) is 29.3 Å². The molecule has 0 saturated carbocycles. The molecule has 6 heterocycles. The largest absolute Gasteiger partial charge is 0.378 e. The summed E-state index contributed by atoms with van der Waals surface area (Å²) in [5, 5.41) is 2.71. The summed E-state index contributed by atoms with van der Waals surface area (Å²) in [4.78, 5) is 28.7. The summed E-state index contributed by atoms with van der Waals surface area (Å²) < 4.78 is 7.90. The molecule has 2 N–H and O–H groups in total. The molecule has 0 radical (unpaired) electrons. The van der Waals surface area contributed by atoms with Crippen molar-refractivity contribution in [1.82, 2.24) is 29.8 Å². The Morgan fingerprint density at radius 3 is 2.60 bits per heavy atom. The minimum atomic E-state index is 0.245. The fourth-order valence-electron chi connectivity index (χ4n) is 4.43. The van der Waals surface area contributed by atoms with E-state index in [1.54, 1.807) is 23.7 Å². The summed E-state index contributed by atoms with van der Waals surface area (Å²) in [6.07, 6.45) is 7.65. The van der Waals surface area contributed by atoms with E-state index < -0.39 is 0 Å². The van der Waals surface area contributed by atoms with E-state index in [0.717, 1.165) is 54.3 Å². The molecule has 2 aliphatic heterocycles. The zero-order valence-electron chi connectivity index (χ0n) is 19.2. The van der Waals surface area contributed by atoms with E-state index in [1.165, 1.54) is 22.1 Å². The Morgan fingerprint density at radius 1 is 1.06 bits per heavy atom. The molecule has 2 saturated heterocycles. The smallest absolute Gasteiger partial charge is 0.219 e. The molecule has 0 aromatic carbocycles. The minimum Gasteiger partial charge on any atom is -0.378 e. The number of thiazole rings is 1. The average molecular weight is 527 g/mol. The van der Waals surface area contributed by atoms with Gasteiger partial charge < -0.3 is 15.4 Å². The fraction of sp³-hybridized carbons (Fsp3) is 0.435. The number of piperidine rings is 1. The van der Waals surface area contributed by atoms with Gasteiger partial charge in [-0.25, -0.2) is 24.9 Å². The molecule has 12 heteroatoms. The van der Waals surface area contributed by atoms with Crippen LogP contribution in [-0.2, 0) is 11.3 Å². The van der Waals surface area contributed by atoms with Gasteiger partial charge >= 0.3 is 0 Å².